The number of alkyl halides is 3. The molecule has 33 heavy (non-hydrogen) atoms. The molecule has 2 aliphatic rings. The number of piperidine rings is 1. The van der Waals surface area contributed by atoms with E-state index in [2.05, 4.69) is 10.2 Å². The summed E-state index contributed by atoms with van der Waals surface area (Å²) in [5.41, 5.74) is -1.92. The molecule has 2 saturated heterocycles. The summed E-state index contributed by atoms with van der Waals surface area (Å²) >= 11 is 0. The largest absolute Gasteiger partial charge is 0.444 e. The Kier molecular flexibility index (Phi) is 7.55. The van der Waals surface area contributed by atoms with Crippen molar-refractivity contribution in [3.8, 4) is 0 Å². The Hall–Kier alpha value is -2.36. The van der Waals surface area contributed by atoms with Crippen molar-refractivity contribution in [3.05, 3.63) is 35.1 Å². The number of rotatable bonds is 5. The van der Waals surface area contributed by atoms with Crippen LogP contribution in [-0.2, 0) is 22.3 Å². The monoisotopic (exact) mass is 473 g/mol. The van der Waals surface area contributed by atoms with Crippen molar-refractivity contribution in [3.63, 3.8) is 0 Å². The van der Waals surface area contributed by atoms with Crippen molar-refractivity contribution in [1.29, 1.82) is 0 Å². The minimum absolute atomic E-state index is 0.206. The number of alkyl carbamates (subject to hydrolysis) is 1. The third-order valence-electron chi connectivity index (χ3n) is 5.88. The van der Waals surface area contributed by atoms with E-state index in [9.17, 15) is 27.2 Å². The normalized spacial score (nSPS) is 22.5. The average molecular weight is 474 g/mol. The molecule has 0 unspecified atom stereocenters. The first-order valence-electron chi connectivity index (χ1n) is 11.2. The SMILES string of the molecule is CC(C)(C)OC(=O)N[C@@H]1CC[C@@H](CN2CCCC2)N(Cc2cc(C(F)(F)F)ccc2F)C1=O. The summed E-state index contributed by atoms with van der Waals surface area (Å²) in [6.45, 7) is 7.12. The van der Waals surface area contributed by atoms with Crippen molar-refractivity contribution in [2.24, 2.45) is 0 Å². The number of amides is 2. The van der Waals surface area contributed by atoms with Gasteiger partial charge in [0.05, 0.1) is 5.56 Å². The van der Waals surface area contributed by atoms with Gasteiger partial charge in [0.15, 0.2) is 0 Å². The van der Waals surface area contributed by atoms with Crippen LogP contribution in [0.15, 0.2) is 18.2 Å². The summed E-state index contributed by atoms with van der Waals surface area (Å²) in [5.74, 6) is -1.26. The van der Waals surface area contributed by atoms with Crippen LogP contribution in [0, 0.1) is 5.82 Å². The van der Waals surface area contributed by atoms with E-state index in [0.717, 1.165) is 38.1 Å². The van der Waals surface area contributed by atoms with Crippen LogP contribution in [0.4, 0.5) is 22.4 Å². The van der Waals surface area contributed by atoms with E-state index >= 15 is 0 Å². The Balaban J connectivity index is 1.82. The van der Waals surface area contributed by atoms with Gasteiger partial charge in [0.25, 0.3) is 0 Å². The standard InChI is InChI=1S/C23H31F4N3O3/c1-22(2,3)33-21(32)28-19-9-7-17(14-29-10-4-5-11-29)30(20(19)31)13-15-12-16(23(25,26)27)6-8-18(15)24/h6,8,12,17,19H,4-5,7,9-11,13-14H2,1-3H3,(H,28,32)/t17-,19+/m0/s1. The molecule has 2 amide bonds. The summed E-state index contributed by atoms with van der Waals surface area (Å²) in [7, 11) is 0. The molecule has 2 fully saturated rings. The molecule has 2 aliphatic heterocycles. The summed E-state index contributed by atoms with van der Waals surface area (Å²) < 4.78 is 59.2. The molecule has 2 atom stereocenters. The molecule has 0 bridgehead atoms. The fraction of sp³-hybridized carbons (Fsp3) is 0.652. The van der Waals surface area contributed by atoms with Crippen molar-refractivity contribution in [2.45, 2.75) is 76.9 Å². The molecular formula is C23H31F4N3O3. The van der Waals surface area contributed by atoms with Crippen molar-refractivity contribution < 1.29 is 31.9 Å². The van der Waals surface area contributed by atoms with E-state index in [-0.39, 0.29) is 18.2 Å². The zero-order chi connectivity index (χ0) is 24.4. The number of nitrogens with zero attached hydrogens (tertiary/aromatic N) is 2. The first-order valence-corrected chi connectivity index (χ1v) is 11.2. The topological polar surface area (TPSA) is 61.9 Å². The van der Waals surface area contributed by atoms with E-state index in [1.54, 1.807) is 20.8 Å². The van der Waals surface area contributed by atoms with E-state index in [1.807, 2.05) is 0 Å². The first-order chi connectivity index (χ1) is 15.3. The molecule has 3 rings (SSSR count). The minimum atomic E-state index is -4.62. The van der Waals surface area contributed by atoms with Crippen molar-refractivity contribution in [2.75, 3.05) is 19.6 Å². The van der Waals surface area contributed by atoms with Gasteiger partial charge in [-0.15, -0.1) is 0 Å². The Morgan fingerprint density at radius 3 is 2.42 bits per heavy atom. The van der Waals surface area contributed by atoms with Crippen LogP contribution in [0.2, 0.25) is 0 Å². The Bertz CT molecular complexity index is 863. The molecule has 0 aliphatic carbocycles. The van der Waals surface area contributed by atoms with E-state index in [0.29, 0.717) is 25.5 Å². The molecule has 1 N–H and O–H groups in total. The lowest BCUT2D eigenvalue weighted by Crippen LogP contribution is -2.58. The summed E-state index contributed by atoms with van der Waals surface area (Å²) in [5, 5.41) is 2.57. The summed E-state index contributed by atoms with van der Waals surface area (Å²) in [6, 6.07) is 1.04. The van der Waals surface area contributed by atoms with Crippen LogP contribution in [0.3, 0.4) is 0 Å². The number of benzene rings is 1. The van der Waals surface area contributed by atoms with Gasteiger partial charge in [-0.05, 0) is 77.7 Å². The average Bonchev–Trinajstić information content (AvgIpc) is 3.19. The fourth-order valence-electron chi connectivity index (χ4n) is 4.32. The van der Waals surface area contributed by atoms with Gasteiger partial charge in [-0.2, -0.15) is 13.2 Å². The second-order valence-electron chi connectivity index (χ2n) is 9.71. The fourth-order valence-corrected chi connectivity index (χ4v) is 4.32. The lowest BCUT2D eigenvalue weighted by atomic mass is 9.95. The predicted molar refractivity (Wildman–Crippen MR) is 114 cm³/mol. The summed E-state index contributed by atoms with van der Waals surface area (Å²) in [6.07, 6.45) is -2.37. The number of hydrogen-bond acceptors (Lipinski definition) is 4. The predicted octanol–water partition coefficient (Wildman–Crippen LogP) is 4.32. The molecule has 0 spiro atoms. The van der Waals surface area contributed by atoms with Crippen LogP contribution in [0.5, 0.6) is 0 Å². The van der Waals surface area contributed by atoms with Gasteiger partial charge in [-0.3, -0.25) is 4.79 Å². The van der Waals surface area contributed by atoms with Gasteiger partial charge in [0.1, 0.15) is 17.5 Å². The molecule has 184 valence electrons. The first kappa shape index (κ1) is 25.3. The number of halogens is 4. The van der Waals surface area contributed by atoms with E-state index < -0.39 is 41.2 Å². The Morgan fingerprint density at radius 2 is 1.82 bits per heavy atom. The lowest BCUT2D eigenvalue weighted by Gasteiger charge is -2.41. The maximum atomic E-state index is 14.5. The van der Waals surface area contributed by atoms with Crippen LogP contribution >= 0.6 is 0 Å². The quantitative estimate of drug-likeness (QED) is 0.647. The molecule has 10 heteroatoms. The Labute approximate surface area is 191 Å². The third-order valence-corrected chi connectivity index (χ3v) is 5.88. The summed E-state index contributed by atoms with van der Waals surface area (Å²) in [4.78, 5) is 29.1. The number of carbonyl (C=O) groups excluding carboxylic acids is 2. The zero-order valence-electron chi connectivity index (χ0n) is 19.2. The molecule has 1 aromatic carbocycles. The van der Waals surface area contributed by atoms with Crippen molar-refractivity contribution in [1.82, 2.24) is 15.1 Å². The van der Waals surface area contributed by atoms with Gasteiger partial charge < -0.3 is 19.9 Å². The number of ether oxygens (including phenoxy) is 1. The van der Waals surface area contributed by atoms with Gasteiger partial charge >= 0.3 is 12.3 Å². The molecular weight excluding hydrogens is 442 g/mol. The molecule has 6 nitrogen and oxygen atoms in total. The highest BCUT2D eigenvalue weighted by atomic mass is 19.4. The molecule has 1 aromatic rings. The van der Waals surface area contributed by atoms with Crippen molar-refractivity contribution >= 4 is 12.0 Å². The smallest absolute Gasteiger partial charge is 0.416 e. The number of carbonyl (C=O) groups is 2. The lowest BCUT2D eigenvalue weighted by molar-refractivity contribution is -0.140. The molecule has 0 saturated carbocycles. The van der Waals surface area contributed by atoms with Crippen LogP contribution in [0.25, 0.3) is 0 Å². The van der Waals surface area contributed by atoms with E-state index in [1.165, 1.54) is 4.90 Å². The second kappa shape index (κ2) is 9.87. The molecule has 2 heterocycles. The van der Waals surface area contributed by atoms with Gasteiger partial charge in [0.2, 0.25) is 5.91 Å². The second-order valence-corrected chi connectivity index (χ2v) is 9.71. The number of likely N-dealkylation sites (tertiary alicyclic amines) is 2. The van der Waals surface area contributed by atoms with Gasteiger partial charge in [0, 0.05) is 24.7 Å². The van der Waals surface area contributed by atoms with Crippen LogP contribution < -0.4 is 5.32 Å². The highest BCUT2D eigenvalue weighted by molar-refractivity contribution is 5.86. The third kappa shape index (κ3) is 6.82. The van der Waals surface area contributed by atoms with E-state index in [4.69, 9.17) is 4.74 Å². The van der Waals surface area contributed by atoms with Crippen LogP contribution in [-0.4, -0.2) is 59.1 Å². The number of nitrogens with one attached hydrogen (secondary N) is 1. The van der Waals surface area contributed by atoms with Gasteiger partial charge in [-0.25, -0.2) is 9.18 Å². The minimum Gasteiger partial charge on any atom is -0.444 e. The zero-order valence-corrected chi connectivity index (χ0v) is 19.2. The maximum Gasteiger partial charge on any atom is 0.416 e. The number of hydrogen-bond donors (Lipinski definition) is 1. The molecule has 0 aromatic heterocycles. The van der Waals surface area contributed by atoms with Gasteiger partial charge in [-0.1, -0.05) is 0 Å². The maximum absolute atomic E-state index is 14.5. The molecule has 0 radical (unpaired) electrons. The van der Waals surface area contributed by atoms with Crippen LogP contribution in [0.1, 0.15) is 57.6 Å². The highest BCUT2D eigenvalue weighted by Gasteiger charge is 2.39. The highest BCUT2D eigenvalue weighted by Crippen LogP contribution is 2.32. The Morgan fingerprint density at radius 1 is 1.15 bits per heavy atom.